The van der Waals surface area contributed by atoms with Crippen LogP contribution >= 0.6 is 0 Å². The Hall–Kier alpha value is -2.34. The van der Waals surface area contributed by atoms with Gasteiger partial charge in [0, 0.05) is 19.6 Å². The van der Waals surface area contributed by atoms with Crippen molar-refractivity contribution in [3.05, 3.63) is 70.8 Å². The Balaban J connectivity index is 0.000000302. The van der Waals surface area contributed by atoms with Crippen molar-refractivity contribution in [2.45, 2.75) is 97.7 Å². The number of carbonyl (C=O) groups excluding carboxylic acids is 1. The molecule has 5 atom stereocenters. The number of hydrogen-bond acceptors (Lipinski definition) is 2. The second-order valence-electron chi connectivity index (χ2n) is 12.3. The normalized spacial score (nSPS) is 20.6. The molecule has 4 rings (SSSR count). The Morgan fingerprint density at radius 3 is 2.17 bits per heavy atom. The Kier molecular flexibility index (Phi) is 11.7. The molecule has 0 radical (unpaired) electrons. The van der Waals surface area contributed by atoms with Crippen LogP contribution < -0.4 is 5.32 Å². The lowest BCUT2D eigenvalue weighted by molar-refractivity contribution is -0.137. The molecule has 2 saturated heterocycles. The lowest BCUT2D eigenvalue weighted by atomic mass is 9.72. The lowest BCUT2D eigenvalue weighted by Gasteiger charge is -2.32. The molecule has 2 aliphatic rings. The van der Waals surface area contributed by atoms with Gasteiger partial charge < -0.3 is 10.2 Å². The van der Waals surface area contributed by atoms with Gasteiger partial charge in [0.2, 0.25) is 5.91 Å². The molecule has 2 fully saturated rings. The van der Waals surface area contributed by atoms with E-state index in [9.17, 15) is 18.0 Å². The van der Waals surface area contributed by atoms with Crippen LogP contribution in [0.25, 0.3) is 0 Å². The molecule has 2 aromatic rings. The molecule has 222 valence electrons. The molecular formula is C34H49F3N2O. The van der Waals surface area contributed by atoms with Crippen molar-refractivity contribution in [3.8, 4) is 0 Å². The van der Waals surface area contributed by atoms with Crippen molar-refractivity contribution >= 4 is 5.91 Å². The Morgan fingerprint density at radius 1 is 1.00 bits per heavy atom. The molecule has 2 heterocycles. The van der Waals surface area contributed by atoms with E-state index in [1.165, 1.54) is 30.5 Å². The molecule has 6 heteroatoms. The molecule has 0 aromatic heterocycles. The molecule has 0 spiro atoms. The zero-order valence-electron chi connectivity index (χ0n) is 25.2. The van der Waals surface area contributed by atoms with Crippen LogP contribution in [0.5, 0.6) is 0 Å². The number of hydrogen-bond donors (Lipinski definition) is 1. The fourth-order valence-electron chi connectivity index (χ4n) is 5.84. The van der Waals surface area contributed by atoms with Crippen molar-refractivity contribution in [1.82, 2.24) is 10.2 Å². The highest BCUT2D eigenvalue weighted by molar-refractivity contribution is 5.84. The highest BCUT2D eigenvalue weighted by Crippen LogP contribution is 2.42. The SMILES string of the molecule is CC1CCN(C(=O)C2CN2)CC1.CCC(C)CCC(C(C)c1cc(C(F)(F)F)ccc1C)[C@@H](C)c1ccccc1. The van der Waals surface area contributed by atoms with Crippen LogP contribution in [0.1, 0.15) is 101 Å². The van der Waals surface area contributed by atoms with Crippen LogP contribution in [0.15, 0.2) is 48.5 Å². The van der Waals surface area contributed by atoms with Gasteiger partial charge in [-0.1, -0.05) is 83.9 Å². The first-order chi connectivity index (χ1) is 18.9. The smallest absolute Gasteiger partial charge is 0.341 e. The van der Waals surface area contributed by atoms with Gasteiger partial charge in [-0.25, -0.2) is 0 Å². The standard InChI is InChI=1S/C25H33F3.C9H16N2O/c1-6-17(2)12-15-23(19(4)21-10-8-7-9-11-21)20(5)24-16-22(25(26,27)28)14-13-18(24)3;1-7-2-4-11(5-3-7)9(12)8-6-10-8/h7-11,13-14,16-17,19-20,23H,6,12,15H2,1-5H3;7-8,10H,2-6H2,1H3/t17?,19-,20?,23?;/m0./s1. The molecule has 2 aliphatic heterocycles. The summed E-state index contributed by atoms with van der Waals surface area (Å²) in [6.07, 6.45) is 1.29. The number of nitrogens with zero attached hydrogens (tertiary/aromatic N) is 1. The Morgan fingerprint density at radius 2 is 1.62 bits per heavy atom. The number of benzene rings is 2. The van der Waals surface area contributed by atoms with Crippen LogP contribution in [-0.2, 0) is 11.0 Å². The van der Waals surface area contributed by atoms with E-state index >= 15 is 0 Å². The first-order valence-corrected chi connectivity index (χ1v) is 15.2. The number of amides is 1. The first-order valence-electron chi connectivity index (χ1n) is 15.2. The molecule has 1 N–H and O–H groups in total. The van der Waals surface area contributed by atoms with Crippen LogP contribution in [-0.4, -0.2) is 36.5 Å². The molecule has 0 aliphatic carbocycles. The van der Waals surface area contributed by atoms with E-state index < -0.39 is 11.7 Å². The van der Waals surface area contributed by atoms with Crippen molar-refractivity contribution in [2.75, 3.05) is 19.6 Å². The predicted octanol–water partition coefficient (Wildman–Crippen LogP) is 8.58. The van der Waals surface area contributed by atoms with E-state index in [1.54, 1.807) is 6.07 Å². The molecule has 2 aromatic carbocycles. The molecule has 4 unspecified atom stereocenters. The second kappa shape index (κ2) is 14.5. The zero-order chi connectivity index (χ0) is 29.4. The molecule has 0 bridgehead atoms. The summed E-state index contributed by atoms with van der Waals surface area (Å²) in [5.74, 6) is 2.39. The topological polar surface area (TPSA) is 42.2 Å². The molecule has 40 heavy (non-hydrogen) atoms. The maximum atomic E-state index is 13.3. The lowest BCUT2D eigenvalue weighted by Crippen LogP contribution is -2.40. The van der Waals surface area contributed by atoms with Gasteiger partial charge in [-0.05, 0) is 84.6 Å². The maximum absolute atomic E-state index is 13.3. The van der Waals surface area contributed by atoms with Gasteiger partial charge in [-0.3, -0.25) is 4.79 Å². The van der Waals surface area contributed by atoms with Gasteiger partial charge in [0.15, 0.2) is 0 Å². The third kappa shape index (κ3) is 9.09. The number of alkyl halides is 3. The number of nitrogens with one attached hydrogen (secondary N) is 1. The molecule has 3 nitrogen and oxygen atoms in total. The predicted molar refractivity (Wildman–Crippen MR) is 158 cm³/mol. The minimum atomic E-state index is -4.31. The second-order valence-corrected chi connectivity index (χ2v) is 12.3. The molecular weight excluding hydrogens is 509 g/mol. The largest absolute Gasteiger partial charge is 0.416 e. The van der Waals surface area contributed by atoms with Crippen LogP contribution in [0.4, 0.5) is 13.2 Å². The minimum absolute atomic E-state index is 0.0570. The number of rotatable bonds is 9. The van der Waals surface area contributed by atoms with Crippen LogP contribution in [0.3, 0.4) is 0 Å². The van der Waals surface area contributed by atoms with Gasteiger partial charge in [0.05, 0.1) is 11.6 Å². The van der Waals surface area contributed by atoms with Crippen LogP contribution in [0, 0.1) is 24.7 Å². The molecule has 1 amide bonds. The van der Waals surface area contributed by atoms with Gasteiger partial charge in [0.25, 0.3) is 0 Å². The van der Waals surface area contributed by atoms with E-state index in [2.05, 4.69) is 52.1 Å². The van der Waals surface area contributed by atoms with E-state index in [0.29, 0.717) is 17.7 Å². The average molecular weight is 559 g/mol. The number of piperidine rings is 1. The molecule has 0 saturated carbocycles. The summed E-state index contributed by atoms with van der Waals surface area (Å²) in [5.41, 5.74) is 2.47. The fourth-order valence-corrected chi connectivity index (χ4v) is 5.84. The van der Waals surface area contributed by atoms with Gasteiger partial charge >= 0.3 is 6.18 Å². The van der Waals surface area contributed by atoms with E-state index in [-0.39, 0.29) is 17.9 Å². The first kappa shape index (κ1) is 32.2. The van der Waals surface area contributed by atoms with Crippen molar-refractivity contribution in [3.63, 3.8) is 0 Å². The van der Waals surface area contributed by atoms with Crippen LogP contribution in [0.2, 0.25) is 0 Å². The number of aryl methyl sites for hydroxylation is 1. The number of carbonyl (C=O) groups is 1. The van der Waals surface area contributed by atoms with Crippen molar-refractivity contribution in [2.24, 2.45) is 17.8 Å². The number of likely N-dealkylation sites (tertiary alicyclic amines) is 1. The average Bonchev–Trinajstić information content (AvgIpc) is 3.79. The zero-order valence-corrected chi connectivity index (χ0v) is 25.2. The maximum Gasteiger partial charge on any atom is 0.416 e. The van der Waals surface area contributed by atoms with E-state index in [4.69, 9.17) is 0 Å². The van der Waals surface area contributed by atoms with E-state index in [1.807, 2.05) is 30.0 Å². The minimum Gasteiger partial charge on any atom is -0.341 e. The van der Waals surface area contributed by atoms with Crippen molar-refractivity contribution in [1.29, 1.82) is 0 Å². The van der Waals surface area contributed by atoms with E-state index in [0.717, 1.165) is 55.9 Å². The quantitative estimate of drug-likeness (QED) is 0.313. The summed E-state index contributed by atoms with van der Waals surface area (Å²) in [4.78, 5) is 13.5. The summed E-state index contributed by atoms with van der Waals surface area (Å²) in [6, 6.07) is 14.7. The van der Waals surface area contributed by atoms with Crippen molar-refractivity contribution < 1.29 is 18.0 Å². The summed E-state index contributed by atoms with van der Waals surface area (Å²) in [5, 5.41) is 3.05. The monoisotopic (exact) mass is 558 g/mol. The highest BCUT2D eigenvalue weighted by Gasteiger charge is 2.34. The third-order valence-corrected chi connectivity index (χ3v) is 9.20. The summed E-state index contributed by atoms with van der Waals surface area (Å²) >= 11 is 0. The number of halogens is 3. The summed E-state index contributed by atoms with van der Waals surface area (Å²) in [6.45, 7) is 15.8. The summed E-state index contributed by atoms with van der Waals surface area (Å²) < 4.78 is 39.9. The van der Waals surface area contributed by atoms with Gasteiger partial charge in [0.1, 0.15) is 0 Å². The summed E-state index contributed by atoms with van der Waals surface area (Å²) in [7, 11) is 0. The highest BCUT2D eigenvalue weighted by atomic mass is 19.4. The fraction of sp³-hybridized carbons (Fsp3) is 0.618. The Labute approximate surface area is 239 Å². The van der Waals surface area contributed by atoms with Gasteiger partial charge in [-0.15, -0.1) is 0 Å². The van der Waals surface area contributed by atoms with Gasteiger partial charge in [-0.2, -0.15) is 13.2 Å². The Bertz CT molecular complexity index is 1060. The third-order valence-electron chi connectivity index (χ3n) is 9.20.